The number of carbonyl (C=O) groups excluding carboxylic acids is 1. The maximum atomic E-state index is 12.8. The van der Waals surface area contributed by atoms with Crippen molar-refractivity contribution in [1.82, 2.24) is 9.88 Å². The summed E-state index contributed by atoms with van der Waals surface area (Å²) in [6, 6.07) is 3.36. The fourth-order valence-electron chi connectivity index (χ4n) is 2.81. The molecule has 0 saturated carbocycles. The van der Waals surface area contributed by atoms with E-state index in [0.29, 0.717) is 11.7 Å². The Morgan fingerprint density at radius 3 is 3.00 bits per heavy atom. The van der Waals surface area contributed by atoms with Crippen LogP contribution in [0.3, 0.4) is 0 Å². The molecule has 2 rings (SSSR count). The highest BCUT2D eigenvalue weighted by molar-refractivity contribution is 5.95. The van der Waals surface area contributed by atoms with Gasteiger partial charge in [-0.15, -0.1) is 0 Å². The van der Waals surface area contributed by atoms with E-state index in [-0.39, 0.29) is 11.7 Å². The molecular weight excluding hydrogens is 243 g/mol. The Kier molecular flexibility index (Phi) is 4.64. The van der Waals surface area contributed by atoms with Gasteiger partial charge in [-0.05, 0) is 37.9 Å². The minimum atomic E-state index is -0.408. The predicted octanol–water partition coefficient (Wildman–Crippen LogP) is 2.91. The number of nitrogens with zero attached hydrogens (tertiary/aromatic N) is 2. The first-order valence-corrected chi connectivity index (χ1v) is 7.01. The van der Waals surface area contributed by atoms with E-state index in [4.69, 9.17) is 0 Å². The largest absolute Gasteiger partial charge is 0.300 e. The van der Waals surface area contributed by atoms with E-state index in [1.54, 1.807) is 0 Å². The van der Waals surface area contributed by atoms with Gasteiger partial charge in [-0.1, -0.05) is 13.8 Å². The quantitative estimate of drug-likeness (QED) is 0.767. The van der Waals surface area contributed by atoms with Crippen molar-refractivity contribution >= 4 is 5.78 Å². The van der Waals surface area contributed by atoms with Crippen LogP contribution >= 0.6 is 0 Å². The highest BCUT2D eigenvalue weighted by atomic mass is 19.1. The smallest absolute Gasteiger partial charge is 0.185 e. The molecule has 0 aromatic carbocycles. The predicted molar refractivity (Wildman–Crippen MR) is 72.6 cm³/mol. The van der Waals surface area contributed by atoms with Gasteiger partial charge in [0.05, 0.1) is 6.20 Å². The molecule has 1 aliphatic rings. The van der Waals surface area contributed by atoms with Gasteiger partial charge in [0.1, 0.15) is 11.5 Å². The Morgan fingerprint density at radius 2 is 2.37 bits per heavy atom. The summed E-state index contributed by atoms with van der Waals surface area (Å²) >= 11 is 0. The molecule has 1 saturated heterocycles. The van der Waals surface area contributed by atoms with Crippen LogP contribution in [0.15, 0.2) is 18.3 Å². The van der Waals surface area contributed by atoms with Crippen LogP contribution in [0, 0.1) is 11.7 Å². The molecule has 1 aromatic heterocycles. The second-order valence-electron chi connectivity index (χ2n) is 5.33. The van der Waals surface area contributed by atoms with Crippen molar-refractivity contribution in [2.75, 3.05) is 13.1 Å². The molecule has 0 bridgehead atoms. The van der Waals surface area contributed by atoms with Gasteiger partial charge in [0.2, 0.25) is 0 Å². The van der Waals surface area contributed by atoms with Crippen molar-refractivity contribution in [3.05, 3.63) is 29.8 Å². The van der Waals surface area contributed by atoms with Crippen LogP contribution in [0.2, 0.25) is 0 Å². The minimum Gasteiger partial charge on any atom is -0.300 e. The number of hydrogen-bond donors (Lipinski definition) is 0. The van der Waals surface area contributed by atoms with Crippen molar-refractivity contribution in [2.24, 2.45) is 5.92 Å². The topological polar surface area (TPSA) is 33.2 Å². The van der Waals surface area contributed by atoms with Crippen LogP contribution in [0.1, 0.15) is 43.6 Å². The van der Waals surface area contributed by atoms with Gasteiger partial charge in [0.15, 0.2) is 5.78 Å². The van der Waals surface area contributed by atoms with Gasteiger partial charge in [-0.2, -0.15) is 0 Å². The molecule has 0 amide bonds. The molecule has 3 nitrogen and oxygen atoms in total. The molecule has 19 heavy (non-hydrogen) atoms. The minimum absolute atomic E-state index is 0.00162. The van der Waals surface area contributed by atoms with Crippen LogP contribution in [-0.4, -0.2) is 34.8 Å². The summed E-state index contributed by atoms with van der Waals surface area (Å²) in [5, 5.41) is 0. The van der Waals surface area contributed by atoms with Crippen LogP contribution in [-0.2, 0) is 0 Å². The van der Waals surface area contributed by atoms with Crippen molar-refractivity contribution in [1.29, 1.82) is 0 Å². The molecule has 0 N–H and O–H groups in total. The van der Waals surface area contributed by atoms with Crippen LogP contribution < -0.4 is 0 Å². The van der Waals surface area contributed by atoms with Crippen molar-refractivity contribution < 1.29 is 9.18 Å². The first-order valence-electron chi connectivity index (χ1n) is 7.01. The molecular formula is C15H21FN2O. The van der Waals surface area contributed by atoms with E-state index in [1.807, 2.05) is 6.92 Å². The number of halogens is 1. The standard InChI is InChI=1S/C15H21FN2O/c1-3-13-5-4-8-18(13)10-11(2)15(19)14-7-6-12(16)9-17-14/h6-7,9,11,13H,3-5,8,10H2,1-2H3. The maximum Gasteiger partial charge on any atom is 0.185 e. The molecule has 4 heteroatoms. The first kappa shape index (κ1) is 14.1. The summed E-state index contributed by atoms with van der Waals surface area (Å²) in [5.41, 5.74) is 0.362. The number of likely N-dealkylation sites (tertiary alicyclic amines) is 1. The monoisotopic (exact) mass is 264 g/mol. The van der Waals surface area contributed by atoms with Crippen molar-refractivity contribution in [2.45, 2.75) is 39.2 Å². The summed E-state index contributed by atoms with van der Waals surface area (Å²) < 4.78 is 12.8. The third kappa shape index (κ3) is 3.38. The molecule has 2 atom stereocenters. The molecule has 0 aliphatic carbocycles. The SMILES string of the molecule is CCC1CCCN1CC(C)C(=O)c1ccc(F)cn1. The zero-order chi connectivity index (χ0) is 13.8. The van der Waals surface area contributed by atoms with E-state index >= 15 is 0 Å². The highest BCUT2D eigenvalue weighted by Crippen LogP contribution is 2.21. The summed E-state index contributed by atoms with van der Waals surface area (Å²) in [7, 11) is 0. The molecule has 1 aromatic rings. The van der Waals surface area contributed by atoms with Gasteiger partial charge in [0.25, 0.3) is 0 Å². The number of rotatable bonds is 5. The molecule has 2 unspecified atom stereocenters. The lowest BCUT2D eigenvalue weighted by atomic mass is 10.0. The Morgan fingerprint density at radius 1 is 1.58 bits per heavy atom. The second kappa shape index (κ2) is 6.24. The fraction of sp³-hybridized carbons (Fsp3) is 0.600. The van der Waals surface area contributed by atoms with E-state index in [2.05, 4.69) is 16.8 Å². The van der Waals surface area contributed by atoms with Crippen LogP contribution in [0.4, 0.5) is 4.39 Å². The van der Waals surface area contributed by atoms with Gasteiger partial charge in [-0.3, -0.25) is 14.7 Å². The lowest BCUT2D eigenvalue weighted by molar-refractivity contribution is 0.0882. The lowest BCUT2D eigenvalue weighted by Gasteiger charge is -2.25. The summed E-state index contributed by atoms with van der Waals surface area (Å²) in [6.07, 6.45) is 4.68. The van der Waals surface area contributed by atoms with Gasteiger partial charge in [-0.25, -0.2) is 4.39 Å². The number of aromatic nitrogens is 1. The van der Waals surface area contributed by atoms with Gasteiger partial charge < -0.3 is 0 Å². The number of Topliss-reactive ketones (excluding diaryl/α,β-unsaturated/α-hetero) is 1. The highest BCUT2D eigenvalue weighted by Gasteiger charge is 2.27. The fourth-order valence-corrected chi connectivity index (χ4v) is 2.81. The Labute approximate surface area is 113 Å². The number of ketones is 1. The molecule has 2 heterocycles. The molecule has 0 radical (unpaired) electrons. The third-order valence-electron chi connectivity index (χ3n) is 3.91. The Balaban J connectivity index is 1.97. The van der Waals surface area contributed by atoms with E-state index in [9.17, 15) is 9.18 Å². The van der Waals surface area contributed by atoms with E-state index < -0.39 is 5.82 Å². The number of pyridine rings is 1. The number of hydrogen-bond acceptors (Lipinski definition) is 3. The zero-order valence-corrected chi connectivity index (χ0v) is 11.6. The second-order valence-corrected chi connectivity index (χ2v) is 5.33. The van der Waals surface area contributed by atoms with Crippen LogP contribution in [0.25, 0.3) is 0 Å². The van der Waals surface area contributed by atoms with Gasteiger partial charge >= 0.3 is 0 Å². The molecule has 0 spiro atoms. The van der Waals surface area contributed by atoms with Crippen molar-refractivity contribution in [3.63, 3.8) is 0 Å². The normalized spacial score (nSPS) is 21.5. The summed E-state index contributed by atoms with van der Waals surface area (Å²) in [5.74, 6) is -0.498. The van der Waals surface area contributed by atoms with E-state index in [0.717, 1.165) is 25.7 Å². The third-order valence-corrected chi connectivity index (χ3v) is 3.91. The van der Waals surface area contributed by atoms with E-state index in [1.165, 1.54) is 25.0 Å². The molecule has 1 aliphatic heterocycles. The first-order chi connectivity index (χ1) is 9.11. The lowest BCUT2D eigenvalue weighted by Crippen LogP contribution is -2.35. The Hall–Kier alpha value is -1.29. The summed E-state index contributed by atoms with van der Waals surface area (Å²) in [6.45, 7) is 5.97. The van der Waals surface area contributed by atoms with Crippen molar-refractivity contribution in [3.8, 4) is 0 Å². The van der Waals surface area contributed by atoms with Crippen LogP contribution in [0.5, 0.6) is 0 Å². The molecule has 104 valence electrons. The molecule has 1 fully saturated rings. The average molecular weight is 264 g/mol. The number of carbonyl (C=O) groups is 1. The average Bonchev–Trinajstić information content (AvgIpc) is 2.86. The summed E-state index contributed by atoms with van der Waals surface area (Å²) in [4.78, 5) is 18.5. The zero-order valence-electron chi connectivity index (χ0n) is 11.6. The Bertz CT molecular complexity index is 432. The maximum absolute atomic E-state index is 12.8. The van der Waals surface area contributed by atoms with Gasteiger partial charge in [0, 0.05) is 18.5 Å².